The van der Waals surface area contributed by atoms with E-state index >= 15 is 0 Å². The normalized spacial score (nSPS) is 16.8. The molecule has 0 spiro atoms. The monoisotopic (exact) mass is 422 g/mol. The number of aromatic amines is 2. The minimum absolute atomic E-state index is 0.0414. The van der Waals surface area contributed by atoms with Crippen molar-refractivity contribution in [3.05, 3.63) is 88.3 Å². The number of carbonyl (C=O) groups excluding carboxylic acids is 1. The molecule has 1 unspecified atom stereocenters. The number of pyridine rings is 1. The fourth-order valence-corrected chi connectivity index (χ4v) is 4.79. The number of hydrogen-bond acceptors (Lipinski definition) is 3. The van der Waals surface area contributed by atoms with E-state index in [0.29, 0.717) is 29.4 Å². The maximum absolute atomic E-state index is 13.4. The van der Waals surface area contributed by atoms with Crippen LogP contribution in [0.5, 0.6) is 0 Å². The van der Waals surface area contributed by atoms with Crippen LogP contribution in [-0.2, 0) is 0 Å². The summed E-state index contributed by atoms with van der Waals surface area (Å²) in [5.41, 5.74) is 4.00. The lowest BCUT2D eigenvalue weighted by Crippen LogP contribution is -2.39. The van der Waals surface area contributed by atoms with Gasteiger partial charge in [-0.1, -0.05) is 24.3 Å². The zero-order valence-corrected chi connectivity index (χ0v) is 17.5. The third-order valence-electron chi connectivity index (χ3n) is 6.46. The van der Waals surface area contributed by atoms with Gasteiger partial charge < -0.3 is 14.9 Å². The van der Waals surface area contributed by atoms with E-state index in [1.807, 2.05) is 59.5 Å². The molecule has 6 nitrogen and oxygen atoms in total. The van der Waals surface area contributed by atoms with Gasteiger partial charge in [-0.2, -0.15) is 0 Å². The number of nitrogens with zero attached hydrogens (tertiary/aromatic N) is 2. The van der Waals surface area contributed by atoms with Crippen LogP contribution in [0.3, 0.4) is 0 Å². The number of nitrogens with one attached hydrogen (secondary N) is 2. The first-order valence-electron chi connectivity index (χ1n) is 11.0. The summed E-state index contributed by atoms with van der Waals surface area (Å²) < 4.78 is 0. The number of H-pyrrole nitrogens is 2. The smallest absolute Gasteiger partial charge is 0.253 e. The molecule has 1 amide bonds. The second-order valence-corrected chi connectivity index (χ2v) is 8.49. The summed E-state index contributed by atoms with van der Waals surface area (Å²) >= 11 is 0. The number of imidazole rings is 1. The van der Waals surface area contributed by atoms with Gasteiger partial charge in [-0.15, -0.1) is 0 Å². The van der Waals surface area contributed by atoms with E-state index in [-0.39, 0.29) is 17.3 Å². The summed E-state index contributed by atoms with van der Waals surface area (Å²) in [4.78, 5) is 39.7. The van der Waals surface area contributed by atoms with Gasteiger partial charge in [0.05, 0.1) is 11.0 Å². The maximum atomic E-state index is 13.4. The predicted octanol–water partition coefficient (Wildman–Crippen LogP) is 4.58. The highest BCUT2D eigenvalue weighted by Gasteiger charge is 2.27. The number of carbonyl (C=O) groups is 1. The molecule has 0 bridgehead atoms. The van der Waals surface area contributed by atoms with E-state index in [1.165, 1.54) is 0 Å². The van der Waals surface area contributed by atoms with Crippen LogP contribution in [-0.4, -0.2) is 38.8 Å². The highest BCUT2D eigenvalue weighted by molar-refractivity contribution is 6.00. The molecule has 158 valence electrons. The standard InChI is InChI=1S/C26H22N4O2/c31-24-18-7-1-2-8-20(18)27-21-12-11-16(14-19(21)24)26(32)30-13-5-6-17(15-30)25-28-22-9-3-4-10-23(22)29-25/h1-4,7-12,14,17H,5-6,13,15H2,(H,27,31)(H,28,29). The van der Waals surface area contributed by atoms with Crippen LogP contribution >= 0.6 is 0 Å². The number of fused-ring (bicyclic) bond motifs is 3. The van der Waals surface area contributed by atoms with Crippen molar-refractivity contribution in [3.63, 3.8) is 0 Å². The van der Waals surface area contributed by atoms with Gasteiger partial charge in [0, 0.05) is 46.4 Å². The van der Waals surface area contributed by atoms with E-state index < -0.39 is 0 Å². The number of benzene rings is 3. The first-order valence-corrected chi connectivity index (χ1v) is 11.0. The SMILES string of the molecule is O=C(c1ccc2[nH]c3ccccc3c(=O)c2c1)N1CCCC(c2nc3ccccc3[nH]2)C1. The predicted molar refractivity (Wildman–Crippen MR) is 126 cm³/mol. The van der Waals surface area contributed by atoms with E-state index in [4.69, 9.17) is 4.98 Å². The molecule has 3 aromatic carbocycles. The van der Waals surface area contributed by atoms with Crippen LogP contribution in [0.25, 0.3) is 32.8 Å². The molecule has 1 aliphatic rings. The van der Waals surface area contributed by atoms with Gasteiger partial charge in [0.15, 0.2) is 5.43 Å². The van der Waals surface area contributed by atoms with Gasteiger partial charge in [-0.25, -0.2) is 4.98 Å². The van der Waals surface area contributed by atoms with Gasteiger partial charge in [0.1, 0.15) is 5.82 Å². The van der Waals surface area contributed by atoms with Crippen molar-refractivity contribution in [2.45, 2.75) is 18.8 Å². The van der Waals surface area contributed by atoms with Gasteiger partial charge >= 0.3 is 0 Å². The first-order chi connectivity index (χ1) is 15.7. The topological polar surface area (TPSA) is 81.8 Å². The minimum atomic E-state index is -0.0530. The molecule has 1 atom stereocenters. The average molecular weight is 422 g/mol. The lowest BCUT2D eigenvalue weighted by atomic mass is 9.96. The number of rotatable bonds is 2. The van der Waals surface area contributed by atoms with Crippen LogP contribution in [0.2, 0.25) is 0 Å². The fourth-order valence-electron chi connectivity index (χ4n) is 4.79. The van der Waals surface area contributed by atoms with Crippen LogP contribution in [0.1, 0.15) is 34.9 Å². The molecule has 32 heavy (non-hydrogen) atoms. The molecule has 6 heteroatoms. The lowest BCUT2D eigenvalue weighted by molar-refractivity contribution is 0.0705. The van der Waals surface area contributed by atoms with Gasteiger partial charge in [0.25, 0.3) is 5.91 Å². The van der Waals surface area contributed by atoms with Crippen molar-refractivity contribution in [1.29, 1.82) is 0 Å². The van der Waals surface area contributed by atoms with Crippen molar-refractivity contribution < 1.29 is 4.79 Å². The number of hydrogen-bond donors (Lipinski definition) is 2. The summed E-state index contributed by atoms with van der Waals surface area (Å²) in [5, 5.41) is 1.17. The zero-order valence-electron chi connectivity index (χ0n) is 17.5. The van der Waals surface area contributed by atoms with Crippen LogP contribution in [0.4, 0.5) is 0 Å². The van der Waals surface area contributed by atoms with Crippen molar-refractivity contribution in [2.24, 2.45) is 0 Å². The van der Waals surface area contributed by atoms with Gasteiger partial charge in [0.2, 0.25) is 0 Å². The molecular formula is C26H22N4O2. The van der Waals surface area contributed by atoms with Crippen LogP contribution in [0, 0.1) is 0 Å². The number of amides is 1. The molecule has 0 saturated carbocycles. The molecule has 6 rings (SSSR count). The first kappa shape index (κ1) is 18.8. The summed E-state index contributed by atoms with van der Waals surface area (Å²) in [7, 11) is 0. The molecule has 0 aliphatic carbocycles. The molecule has 5 aromatic rings. The molecule has 2 N–H and O–H groups in total. The fraction of sp³-hybridized carbons (Fsp3) is 0.192. The molecule has 0 radical (unpaired) electrons. The van der Waals surface area contributed by atoms with E-state index in [9.17, 15) is 9.59 Å². The third kappa shape index (κ3) is 3.07. The quantitative estimate of drug-likeness (QED) is 0.409. The van der Waals surface area contributed by atoms with E-state index in [1.54, 1.807) is 12.1 Å². The average Bonchev–Trinajstić information content (AvgIpc) is 3.28. The van der Waals surface area contributed by atoms with Crippen LogP contribution in [0.15, 0.2) is 71.5 Å². The Kier molecular flexibility index (Phi) is 4.31. The Labute approximate surface area is 183 Å². The van der Waals surface area contributed by atoms with E-state index in [0.717, 1.165) is 40.7 Å². The lowest BCUT2D eigenvalue weighted by Gasteiger charge is -2.32. The van der Waals surface area contributed by atoms with Crippen molar-refractivity contribution in [2.75, 3.05) is 13.1 Å². The van der Waals surface area contributed by atoms with Crippen molar-refractivity contribution >= 4 is 38.7 Å². The molecule has 3 heterocycles. The van der Waals surface area contributed by atoms with Crippen molar-refractivity contribution in [1.82, 2.24) is 19.9 Å². The summed E-state index contributed by atoms with van der Waals surface area (Å²) in [6.45, 7) is 1.33. The third-order valence-corrected chi connectivity index (χ3v) is 6.46. The van der Waals surface area contributed by atoms with E-state index in [2.05, 4.69) is 9.97 Å². The Hall–Kier alpha value is -3.93. The number of para-hydroxylation sites is 3. The summed E-state index contributed by atoms with van der Waals surface area (Å²) in [6.07, 6.45) is 1.92. The molecule has 1 saturated heterocycles. The highest BCUT2D eigenvalue weighted by Crippen LogP contribution is 2.28. The zero-order chi connectivity index (χ0) is 21.7. The molecule has 1 fully saturated rings. The van der Waals surface area contributed by atoms with Crippen molar-refractivity contribution in [3.8, 4) is 0 Å². The maximum Gasteiger partial charge on any atom is 0.253 e. The molecular weight excluding hydrogens is 400 g/mol. The Morgan fingerprint density at radius 1 is 0.906 bits per heavy atom. The number of piperidine rings is 1. The minimum Gasteiger partial charge on any atom is -0.354 e. The number of likely N-dealkylation sites (tertiary alicyclic amines) is 1. The summed E-state index contributed by atoms with van der Waals surface area (Å²) in [5.74, 6) is 1.07. The van der Waals surface area contributed by atoms with Gasteiger partial charge in [-0.05, 0) is 55.3 Å². The Morgan fingerprint density at radius 2 is 1.69 bits per heavy atom. The molecule has 2 aromatic heterocycles. The Balaban J connectivity index is 1.32. The highest BCUT2D eigenvalue weighted by atomic mass is 16.2. The molecule has 1 aliphatic heterocycles. The van der Waals surface area contributed by atoms with Gasteiger partial charge in [-0.3, -0.25) is 9.59 Å². The second-order valence-electron chi connectivity index (χ2n) is 8.49. The second kappa shape index (κ2) is 7.34. The largest absolute Gasteiger partial charge is 0.354 e. The summed E-state index contributed by atoms with van der Waals surface area (Å²) in [6, 6.07) is 20.8. The number of aromatic nitrogens is 3. The Morgan fingerprint density at radius 3 is 2.56 bits per heavy atom. The van der Waals surface area contributed by atoms with Crippen LogP contribution < -0.4 is 5.43 Å². The Bertz CT molecular complexity index is 1520.